The number of nitrogens with two attached hydrogens (primary N) is 1. The van der Waals surface area contributed by atoms with E-state index in [1.165, 1.54) is 10.9 Å². The van der Waals surface area contributed by atoms with Gasteiger partial charge in [0.1, 0.15) is 11.3 Å². The number of hydrogen-bond acceptors (Lipinski definition) is 2. The van der Waals surface area contributed by atoms with Crippen molar-refractivity contribution in [2.75, 3.05) is 6.54 Å². The molecule has 0 spiro atoms. The van der Waals surface area contributed by atoms with Crippen molar-refractivity contribution < 1.29 is 4.42 Å². The van der Waals surface area contributed by atoms with Crippen LogP contribution in [-0.2, 0) is 6.42 Å². The lowest BCUT2D eigenvalue weighted by Gasteiger charge is -2.08. The summed E-state index contributed by atoms with van der Waals surface area (Å²) in [4.78, 5) is 0. The van der Waals surface area contributed by atoms with Crippen LogP contribution < -0.4 is 5.73 Å². The van der Waals surface area contributed by atoms with Gasteiger partial charge in [0, 0.05) is 16.9 Å². The average molecular weight is 217 g/mol. The summed E-state index contributed by atoms with van der Waals surface area (Å²) in [5.74, 6) is 1.53. The highest BCUT2D eigenvalue weighted by molar-refractivity contribution is 5.82. The van der Waals surface area contributed by atoms with Crippen LogP contribution >= 0.6 is 0 Å². The standard InChI is InChI=1S/C14H19NO/c1-3-11-12-6-4-5-7-13(12)16-14(11)10(2)8-9-15/h4-7,10H,3,8-9,15H2,1-2H3. The molecule has 0 fully saturated rings. The Morgan fingerprint density at radius 2 is 2.06 bits per heavy atom. The van der Waals surface area contributed by atoms with Crippen LogP contribution in [0.2, 0.25) is 0 Å². The smallest absolute Gasteiger partial charge is 0.134 e. The van der Waals surface area contributed by atoms with Crippen LogP contribution in [0.15, 0.2) is 28.7 Å². The van der Waals surface area contributed by atoms with Crippen LogP contribution in [0.1, 0.15) is 37.5 Å². The van der Waals surface area contributed by atoms with Gasteiger partial charge in [-0.1, -0.05) is 32.0 Å². The minimum atomic E-state index is 0.410. The molecule has 0 aliphatic rings. The Hall–Kier alpha value is -1.28. The lowest BCUT2D eigenvalue weighted by molar-refractivity contribution is 0.487. The van der Waals surface area contributed by atoms with E-state index in [2.05, 4.69) is 26.0 Å². The fourth-order valence-electron chi connectivity index (χ4n) is 2.26. The van der Waals surface area contributed by atoms with Crippen molar-refractivity contribution in [1.82, 2.24) is 0 Å². The van der Waals surface area contributed by atoms with Gasteiger partial charge in [-0.2, -0.15) is 0 Å². The number of furan rings is 1. The number of hydrogen-bond donors (Lipinski definition) is 1. The van der Waals surface area contributed by atoms with E-state index < -0.39 is 0 Å². The largest absolute Gasteiger partial charge is 0.460 e. The van der Waals surface area contributed by atoms with Crippen LogP contribution in [0.4, 0.5) is 0 Å². The summed E-state index contributed by atoms with van der Waals surface area (Å²) >= 11 is 0. The Kier molecular flexibility index (Phi) is 3.30. The van der Waals surface area contributed by atoms with Gasteiger partial charge in [-0.25, -0.2) is 0 Å². The minimum absolute atomic E-state index is 0.410. The van der Waals surface area contributed by atoms with Gasteiger partial charge in [0.2, 0.25) is 0 Å². The number of rotatable bonds is 4. The van der Waals surface area contributed by atoms with Crippen molar-refractivity contribution in [2.24, 2.45) is 5.73 Å². The minimum Gasteiger partial charge on any atom is -0.460 e. The topological polar surface area (TPSA) is 39.2 Å². The molecule has 0 aliphatic heterocycles. The molecule has 86 valence electrons. The molecule has 0 radical (unpaired) electrons. The molecule has 0 saturated carbocycles. The van der Waals surface area contributed by atoms with Crippen LogP contribution in [0, 0.1) is 0 Å². The first-order chi connectivity index (χ1) is 7.77. The first kappa shape index (κ1) is 11.2. The van der Waals surface area contributed by atoms with Crippen LogP contribution in [0.3, 0.4) is 0 Å². The van der Waals surface area contributed by atoms with Gasteiger partial charge in [0.05, 0.1) is 0 Å². The molecular formula is C14H19NO. The zero-order chi connectivity index (χ0) is 11.5. The maximum Gasteiger partial charge on any atom is 0.134 e. The lowest BCUT2D eigenvalue weighted by atomic mass is 9.98. The number of benzene rings is 1. The summed E-state index contributed by atoms with van der Waals surface area (Å²) in [6, 6.07) is 8.25. The molecule has 2 rings (SSSR count). The number of para-hydroxylation sites is 1. The van der Waals surface area contributed by atoms with Crippen molar-refractivity contribution in [3.63, 3.8) is 0 Å². The molecule has 2 aromatic rings. The van der Waals surface area contributed by atoms with E-state index in [9.17, 15) is 0 Å². The van der Waals surface area contributed by atoms with Gasteiger partial charge >= 0.3 is 0 Å². The van der Waals surface area contributed by atoms with Gasteiger partial charge in [-0.15, -0.1) is 0 Å². The highest BCUT2D eigenvalue weighted by atomic mass is 16.3. The van der Waals surface area contributed by atoms with E-state index >= 15 is 0 Å². The molecule has 2 nitrogen and oxygen atoms in total. The Labute approximate surface area is 96.4 Å². The molecule has 2 N–H and O–H groups in total. The Balaban J connectivity index is 2.51. The average Bonchev–Trinajstić information content (AvgIpc) is 2.67. The number of fused-ring (bicyclic) bond motifs is 1. The zero-order valence-corrected chi connectivity index (χ0v) is 9.99. The van der Waals surface area contributed by atoms with Crippen molar-refractivity contribution in [2.45, 2.75) is 32.6 Å². The van der Waals surface area contributed by atoms with Crippen molar-refractivity contribution in [3.05, 3.63) is 35.6 Å². The molecule has 0 saturated heterocycles. The molecule has 1 atom stereocenters. The molecule has 0 bridgehead atoms. The Morgan fingerprint density at radius 1 is 1.31 bits per heavy atom. The zero-order valence-electron chi connectivity index (χ0n) is 9.99. The molecule has 1 aromatic carbocycles. The van der Waals surface area contributed by atoms with Gasteiger partial charge in [-0.3, -0.25) is 0 Å². The van der Waals surface area contributed by atoms with E-state index in [0.717, 1.165) is 24.2 Å². The van der Waals surface area contributed by atoms with Crippen LogP contribution in [-0.4, -0.2) is 6.54 Å². The molecule has 0 aliphatic carbocycles. The summed E-state index contributed by atoms with van der Waals surface area (Å²) < 4.78 is 5.95. The monoisotopic (exact) mass is 217 g/mol. The van der Waals surface area contributed by atoms with E-state index in [-0.39, 0.29) is 0 Å². The van der Waals surface area contributed by atoms with E-state index in [1.54, 1.807) is 0 Å². The second-order valence-electron chi connectivity index (χ2n) is 4.27. The van der Waals surface area contributed by atoms with E-state index in [0.29, 0.717) is 12.5 Å². The van der Waals surface area contributed by atoms with Crippen molar-refractivity contribution >= 4 is 11.0 Å². The Bertz CT molecular complexity index is 473. The fourth-order valence-corrected chi connectivity index (χ4v) is 2.26. The second-order valence-corrected chi connectivity index (χ2v) is 4.27. The number of aryl methyl sites for hydroxylation is 1. The molecule has 1 aromatic heterocycles. The summed E-state index contributed by atoms with van der Waals surface area (Å²) in [6.45, 7) is 5.07. The van der Waals surface area contributed by atoms with Crippen molar-refractivity contribution in [3.8, 4) is 0 Å². The molecular weight excluding hydrogens is 198 g/mol. The second kappa shape index (κ2) is 4.71. The van der Waals surface area contributed by atoms with Crippen LogP contribution in [0.5, 0.6) is 0 Å². The van der Waals surface area contributed by atoms with Crippen molar-refractivity contribution in [1.29, 1.82) is 0 Å². The highest BCUT2D eigenvalue weighted by Gasteiger charge is 2.17. The third-order valence-electron chi connectivity index (χ3n) is 3.13. The lowest BCUT2D eigenvalue weighted by Crippen LogP contribution is -2.05. The quantitative estimate of drug-likeness (QED) is 0.852. The fraction of sp³-hybridized carbons (Fsp3) is 0.429. The summed E-state index contributed by atoms with van der Waals surface area (Å²) in [5.41, 5.74) is 7.95. The maximum absolute atomic E-state index is 5.95. The highest BCUT2D eigenvalue weighted by Crippen LogP contribution is 2.32. The predicted molar refractivity (Wildman–Crippen MR) is 67.7 cm³/mol. The summed E-state index contributed by atoms with van der Waals surface area (Å²) in [5, 5.41) is 1.25. The molecule has 2 heteroatoms. The first-order valence-corrected chi connectivity index (χ1v) is 5.98. The van der Waals surface area contributed by atoms with Gasteiger partial charge < -0.3 is 10.2 Å². The van der Waals surface area contributed by atoms with Gasteiger partial charge in [0.15, 0.2) is 0 Å². The van der Waals surface area contributed by atoms with E-state index in [4.69, 9.17) is 10.2 Å². The van der Waals surface area contributed by atoms with Gasteiger partial charge in [-0.05, 0) is 25.5 Å². The normalized spacial score (nSPS) is 13.2. The third kappa shape index (κ3) is 1.85. The predicted octanol–water partition coefficient (Wildman–Crippen LogP) is 3.45. The Morgan fingerprint density at radius 3 is 2.75 bits per heavy atom. The molecule has 0 amide bonds. The van der Waals surface area contributed by atoms with E-state index in [1.807, 2.05) is 12.1 Å². The molecule has 16 heavy (non-hydrogen) atoms. The SMILES string of the molecule is CCc1c(C(C)CCN)oc2ccccc12. The molecule has 1 heterocycles. The summed E-state index contributed by atoms with van der Waals surface area (Å²) in [6.07, 6.45) is 1.99. The third-order valence-corrected chi connectivity index (χ3v) is 3.13. The first-order valence-electron chi connectivity index (χ1n) is 5.98. The van der Waals surface area contributed by atoms with Gasteiger partial charge in [0.25, 0.3) is 0 Å². The molecule has 1 unspecified atom stereocenters. The maximum atomic E-state index is 5.95. The van der Waals surface area contributed by atoms with Crippen LogP contribution in [0.25, 0.3) is 11.0 Å². The summed E-state index contributed by atoms with van der Waals surface area (Å²) in [7, 11) is 0.